The lowest BCUT2D eigenvalue weighted by molar-refractivity contribution is -0.137. The predicted molar refractivity (Wildman–Crippen MR) is 82.2 cm³/mol. The molecule has 1 fully saturated rings. The molecule has 3 amide bonds. The van der Waals surface area contributed by atoms with Crippen molar-refractivity contribution in [2.75, 3.05) is 11.4 Å². The van der Waals surface area contributed by atoms with Gasteiger partial charge in [-0.25, -0.2) is 4.90 Å². The SMILES string of the molecule is O=C(O)CCNC(=O)CC1SC(=O)N(c2ccc(O)cc2)C1=O. The maximum atomic E-state index is 12.3. The van der Waals surface area contributed by atoms with E-state index in [1.165, 1.54) is 24.3 Å². The number of carbonyl (C=O) groups excluding carboxylic acids is 3. The number of thioether (sulfide) groups is 1. The molecule has 1 aromatic carbocycles. The summed E-state index contributed by atoms with van der Waals surface area (Å²) in [6, 6.07) is 5.57. The molecule has 122 valence electrons. The highest BCUT2D eigenvalue weighted by Crippen LogP contribution is 2.33. The van der Waals surface area contributed by atoms with Gasteiger partial charge < -0.3 is 15.5 Å². The molecule has 0 saturated carbocycles. The average Bonchev–Trinajstić information content (AvgIpc) is 2.74. The molecular weight excluding hydrogens is 324 g/mol. The largest absolute Gasteiger partial charge is 0.508 e. The second kappa shape index (κ2) is 7.14. The minimum atomic E-state index is -1.04. The van der Waals surface area contributed by atoms with E-state index < -0.39 is 28.3 Å². The summed E-state index contributed by atoms with van der Waals surface area (Å²) in [5.41, 5.74) is 0.319. The Bertz CT molecular complexity index is 645. The summed E-state index contributed by atoms with van der Waals surface area (Å²) in [7, 11) is 0. The van der Waals surface area contributed by atoms with Gasteiger partial charge in [0.25, 0.3) is 5.24 Å². The van der Waals surface area contributed by atoms with Crippen molar-refractivity contribution >= 4 is 40.5 Å². The molecule has 0 aliphatic carbocycles. The average molecular weight is 338 g/mol. The van der Waals surface area contributed by atoms with Gasteiger partial charge >= 0.3 is 5.97 Å². The number of hydrogen-bond acceptors (Lipinski definition) is 6. The molecule has 9 heteroatoms. The summed E-state index contributed by atoms with van der Waals surface area (Å²) in [6.45, 7) is -0.0324. The molecular formula is C14H14N2O6S. The van der Waals surface area contributed by atoms with Crippen LogP contribution in [0.4, 0.5) is 10.5 Å². The number of carbonyl (C=O) groups is 4. The topological polar surface area (TPSA) is 124 Å². The summed E-state index contributed by atoms with van der Waals surface area (Å²) < 4.78 is 0. The van der Waals surface area contributed by atoms with Gasteiger partial charge in [-0.15, -0.1) is 0 Å². The van der Waals surface area contributed by atoms with E-state index in [1.54, 1.807) is 0 Å². The second-order valence-electron chi connectivity index (χ2n) is 4.76. The Morgan fingerprint density at radius 2 is 1.87 bits per heavy atom. The second-order valence-corrected chi connectivity index (χ2v) is 5.91. The number of amides is 3. The fourth-order valence-corrected chi connectivity index (χ4v) is 2.96. The predicted octanol–water partition coefficient (Wildman–Crippen LogP) is 0.942. The molecule has 0 radical (unpaired) electrons. The zero-order chi connectivity index (χ0) is 17.0. The van der Waals surface area contributed by atoms with Crippen molar-refractivity contribution in [1.82, 2.24) is 5.32 Å². The summed E-state index contributed by atoms with van der Waals surface area (Å²) in [5.74, 6) is -2.03. The van der Waals surface area contributed by atoms with Gasteiger partial charge in [0.15, 0.2) is 0 Å². The van der Waals surface area contributed by atoms with Crippen molar-refractivity contribution in [2.45, 2.75) is 18.1 Å². The van der Waals surface area contributed by atoms with Crippen LogP contribution in [0.5, 0.6) is 5.75 Å². The minimum Gasteiger partial charge on any atom is -0.508 e. The number of nitrogens with one attached hydrogen (secondary N) is 1. The molecule has 1 unspecified atom stereocenters. The number of phenols is 1. The molecule has 1 aliphatic heterocycles. The summed E-state index contributed by atoms with van der Waals surface area (Å²) in [5, 5.41) is 18.8. The lowest BCUT2D eigenvalue weighted by atomic mass is 10.2. The number of benzene rings is 1. The van der Waals surface area contributed by atoms with Crippen LogP contribution in [0.25, 0.3) is 0 Å². The van der Waals surface area contributed by atoms with Gasteiger partial charge in [0, 0.05) is 13.0 Å². The minimum absolute atomic E-state index is 0.00913. The van der Waals surface area contributed by atoms with Crippen LogP contribution in [0.1, 0.15) is 12.8 Å². The van der Waals surface area contributed by atoms with Crippen LogP contribution in [0, 0.1) is 0 Å². The number of nitrogens with zero attached hydrogens (tertiary/aromatic N) is 1. The van der Waals surface area contributed by atoms with E-state index in [2.05, 4.69) is 5.32 Å². The van der Waals surface area contributed by atoms with E-state index in [0.29, 0.717) is 5.69 Å². The number of hydrogen-bond donors (Lipinski definition) is 3. The van der Waals surface area contributed by atoms with Crippen molar-refractivity contribution in [3.8, 4) is 5.75 Å². The van der Waals surface area contributed by atoms with Crippen molar-refractivity contribution in [2.24, 2.45) is 0 Å². The van der Waals surface area contributed by atoms with Crippen molar-refractivity contribution in [3.05, 3.63) is 24.3 Å². The van der Waals surface area contributed by atoms with Crippen LogP contribution in [-0.2, 0) is 14.4 Å². The molecule has 8 nitrogen and oxygen atoms in total. The molecule has 1 aliphatic rings. The van der Waals surface area contributed by atoms with E-state index in [9.17, 15) is 24.3 Å². The fraction of sp³-hybridized carbons (Fsp3) is 0.286. The first-order valence-corrected chi connectivity index (χ1v) is 7.58. The quantitative estimate of drug-likeness (QED) is 0.705. The highest BCUT2D eigenvalue weighted by Gasteiger charge is 2.41. The van der Waals surface area contributed by atoms with E-state index in [-0.39, 0.29) is 25.1 Å². The Morgan fingerprint density at radius 1 is 1.22 bits per heavy atom. The number of aliphatic carboxylic acids is 1. The first kappa shape index (κ1) is 16.8. The van der Waals surface area contributed by atoms with Gasteiger partial charge in [-0.1, -0.05) is 0 Å². The van der Waals surface area contributed by atoms with Gasteiger partial charge in [0.1, 0.15) is 11.0 Å². The summed E-state index contributed by atoms with van der Waals surface area (Å²) in [4.78, 5) is 47.2. The van der Waals surface area contributed by atoms with Crippen LogP contribution < -0.4 is 10.2 Å². The Balaban J connectivity index is 1.97. The molecule has 23 heavy (non-hydrogen) atoms. The first-order valence-electron chi connectivity index (χ1n) is 6.70. The van der Waals surface area contributed by atoms with E-state index in [1.807, 2.05) is 0 Å². The van der Waals surface area contributed by atoms with Crippen LogP contribution >= 0.6 is 11.8 Å². The smallest absolute Gasteiger partial charge is 0.305 e. The lowest BCUT2D eigenvalue weighted by Crippen LogP contribution is -2.34. The van der Waals surface area contributed by atoms with Gasteiger partial charge in [0.05, 0.1) is 12.1 Å². The lowest BCUT2D eigenvalue weighted by Gasteiger charge is -2.13. The van der Waals surface area contributed by atoms with Gasteiger partial charge in [-0.2, -0.15) is 0 Å². The van der Waals surface area contributed by atoms with Crippen molar-refractivity contribution in [3.63, 3.8) is 0 Å². The Hall–Kier alpha value is -2.55. The van der Waals surface area contributed by atoms with E-state index in [0.717, 1.165) is 16.7 Å². The number of imide groups is 1. The van der Waals surface area contributed by atoms with Crippen molar-refractivity contribution in [1.29, 1.82) is 0 Å². The Kier molecular flexibility index (Phi) is 5.22. The third kappa shape index (κ3) is 4.22. The van der Waals surface area contributed by atoms with Crippen molar-refractivity contribution < 1.29 is 29.4 Å². The van der Waals surface area contributed by atoms with E-state index in [4.69, 9.17) is 5.11 Å². The van der Waals surface area contributed by atoms with Crippen LogP contribution in [0.3, 0.4) is 0 Å². The molecule has 3 N–H and O–H groups in total. The highest BCUT2D eigenvalue weighted by molar-refractivity contribution is 8.15. The van der Waals surface area contributed by atoms with Gasteiger partial charge in [0.2, 0.25) is 11.8 Å². The Labute approximate surface area is 135 Å². The molecule has 1 atom stereocenters. The third-order valence-electron chi connectivity index (χ3n) is 3.06. The Morgan fingerprint density at radius 3 is 2.48 bits per heavy atom. The maximum Gasteiger partial charge on any atom is 0.305 e. The highest BCUT2D eigenvalue weighted by atomic mass is 32.2. The number of phenolic OH excluding ortho intramolecular Hbond substituents is 1. The molecule has 0 spiro atoms. The zero-order valence-corrected chi connectivity index (χ0v) is 12.7. The molecule has 1 saturated heterocycles. The maximum absolute atomic E-state index is 12.3. The standard InChI is InChI=1S/C14H14N2O6S/c17-9-3-1-8(2-4-9)16-13(21)10(23-14(16)22)7-11(18)15-6-5-12(19)20/h1-4,10,17H,5-7H2,(H,15,18)(H,19,20). The van der Waals surface area contributed by atoms with Gasteiger partial charge in [-0.3, -0.25) is 19.2 Å². The molecule has 0 aromatic heterocycles. The number of anilines is 1. The first-order chi connectivity index (χ1) is 10.9. The van der Waals surface area contributed by atoms with Crippen LogP contribution in [0.2, 0.25) is 0 Å². The normalized spacial score (nSPS) is 17.4. The number of carboxylic acid groups (broad SMARTS) is 1. The monoisotopic (exact) mass is 338 g/mol. The van der Waals surface area contributed by atoms with Crippen LogP contribution in [-0.4, -0.2) is 45.0 Å². The number of aromatic hydroxyl groups is 1. The summed E-state index contributed by atoms with van der Waals surface area (Å²) in [6.07, 6.45) is -0.417. The number of rotatable bonds is 6. The fourth-order valence-electron chi connectivity index (χ4n) is 1.97. The summed E-state index contributed by atoms with van der Waals surface area (Å²) >= 11 is 0.747. The third-order valence-corrected chi connectivity index (χ3v) is 4.10. The van der Waals surface area contributed by atoms with Crippen LogP contribution in [0.15, 0.2) is 24.3 Å². The molecule has 2 rings (SSSR count). The molecule has 1 aromatic rings. The number of carboxylic acids is 1. The van der Waals surface area contributed by atoms with E-state index >= 15 is 0 Å². The molecule has 1 heterocycles. The van der Waals surface area contributed by atoms with Gasteiger partial charge in [-0.05, 0) is 36.0 Å². The molecule has 0 bridgehead atoms. The zero-order valence-electron chi connectivity index (χ0n) is 11.9.